The minimum Gasteiger partial charge on any atom is -0.321 e. The molecule has 0 bridgehead atoms. The van der Waals surface area contributed by atoms with Crippen LogP contribution < -0.4 is 5.73 Å². The van der Waals surface area contributed by atoms with Gasteiger partial charge in [0.1, 0.15) is 0 Å². The van der Waals surface area contributed by atoms with Crippen molar-refractivity contribution in [3.05, 3.63) is 41.7 Å². The smallest absolute Gasteiger partial charge is 0.212 e. The summed E-state index contributed by atoms with van der Waals surface area (Å²) >= 11 is 1.65. The van der Waals surface area contributed by atoms with E-state index in [4.69, 9.17) is 10.8 Å². The van der Waals surface area contributed by atoms with E-state index in [9.17, 15) is 0 Å². The maximum absolute atomic E-state index is 6.30. The zero-order valence-electron chi connectivity index (χ0n) is 12.2. The summed E-state index contributed by atoms with van der Waals surface area (Å²) in [6.45, 7) is 4.26. The number of nitrogens with two attached hydrogens (primary N) is 1. The predicted molar refractivity (Wildman–Crippen MR) is 85.5 cm³/mol. The second-order valence-electron chi connectivity index (χ2n) is 5.27. The van der Waals surface area contributed by atoms with Crippen molar-refractivity contribution in [2.75, 3.05) is 5.75 Å². The Morgan fingerprint density at radius 3 is 2.76 bits per heavy atom. The second kappa shape index (κ2) is 5.99. The Morgan fingerprint density at radius 2 is 2.05 bits per heavy atom. The van der Waals surface area contributed by atoms with Gasteiger partial charge in [0.2, 0.25) is 5.16 Å². The average Bonchev–Trinajstić information content (AvgIpc) is 2.97. The van der Waals surface area contributed by atoms with E-state index in [0.717, 1.165) is 34.4 Å². The number of nitrogens with zero attached hydrogens (tertiary/aromatic N) is 4. The Morgan fingerprint density at radius 1 is 1.29 bits per heavy atom. The second-order valence-corrected chi connectivity index (χ2v) is 6.21. The molecule has 3 rings (SSSR count). The van der Waals surface area contributed by atoms with Gasteiger partial charge >= 0.3 is 0 Å². The normalized spacial score (nSPS) is 17.0. The first-order chi connectivity index (χ1) is 10.2. The fraction of sp³-hybridized carbons (Fsp3) is 0.400. The molecule has 2 heterocycles. The van der Waals surface area contributed by atoms with Crippen LogP contribution in [-0.2, 0) is 0 Å². The van der Waals surface area contributed by atoms with Crippen molar-refractivity contribution < 1.29 is 0 Å². The molecule has 0 aliphatic carbocycles. The maximum atomic E-state index is 6.30. The van der Waals surface area contributed by atoms with E-state index >= 15 is 0 Å². The molecule has 1 aliphatic rings. The summed E-state index contributed by atoms with van der Waals surface area (Å²) in [6.07, 6.45) is 1.01. The summed E-state index contributed by atoms with van der Waals surface area (Å²) in [7, 11) is 0. The molecule has 2 N–H and O–H groups in total. The lowest BCUT2D eigenvalue weighted by Gasteiger charge is -2.19. The summed E-state index contributed by atoms with van der Waals surface area (Å²) in [5, 5.41) is 14.0. The average molecular weight is 301 g/mol. The van der Waals surface area contributed by atoms with Gasteiger partial charge in [-0.25, -0.2) is 0 Å². The summed E-state index contributed by atoms with van der Waals surface area (Å²) in [5.41, 5.74) is 8.46. The molecule has 0 radical (unpaired) electrons. The molecule has 2 aromatic rings. The van der Waals surface area contributed by atoms with Crippen LogP contribution in [0.15, 0.2) is 40.6 Å². The van der Waals surface area contributed by atoms with Gasteiger partial charge in [-0.3, -0.25) is 0 Å². The highest BCUT2D eigenvalue weighted by Gasteiger charge is 2.25. The molecule has 2 atom stereocenters. The van der Waals surface area contributed by atoms with Crippen molar-refractivity contribution in [1.82, 2.24) is 14.9 Å². The quantitative estimate of drug-likeness (QED) is 0.942. The fourth-order valence-corrected chi connectivity index (χ4v) is 3.08. The van der Waals surface area contributed by atoms with Crippen molar-refractivity contribution in [1.29, 1.82) is 0 Å². The van der Waals surface area contributed by atoms with Crippen molar-refractivity contribution in [3.63, 3.8) is 0 Å². The molecule has 1 aliphatic heterocycles. The van der Waals surface area contributed by atoms with Gasteiger partial charge in [0.15, 0.2) is 5.82 Å². The van der Waals surface area contributed by atoms with E-state index in [0.29, 0.717) is 5.92 Å². The van der Waals surface area contributed by atoms with Crippen LogP contribution in [0.5, 0.6) is 0 Å². The van der Waals surface area contributed by atoms with E-state index in [-0.39, 0.29) is 6.04 Å². The van der Waals surface area contributed by atoms with Gasteiger partial charge < -0.3 is 5.73 Å². The molecule has 0 fully saturated rings. The Balaban J connectivity index is 1.98. The molecule has 1 aromatic carbocycles. The SMILES string of the molecule is CCC(C)C(N)c1nnc2n1N=C(c1ccccc1)CS2. The zero-order chi connectivity index (χ0) is 14.8. The van der Waals surface area contributed by atoms with E-state index < -0.39 is 0 Å². The third-order valence-corrected chi connectivity index (χ3v) is 4.79. The number of benzene rings is 1. The number of fused-ring (bicyclic) bond motifs is 1. The van der Waals surface area contributed by atoms with Gasteiger partial charge in [-0.05, 0) is 11.5 Å². The predicted octanol–water partition coefficient (Wildman–Crippen LogP) is 2.68. The van der Waals surface area contributed by atoms with E-state index in [2.05, 4.69) is 36.2 Å². The topological polar surface area (TPSA) is 69.1 Å². The third-order valence-electron chi connectivity index (χ3n) is 3.86. The maximum Gasteiger partial charge on any atom is 0.212 e. The Bertz CT molecular complexity index is 649. The number of thioether (sulfide) groups is 1. The fourth-order valence-electron chi connectivity index (χ4n) is 2.23. The van der Waals surface area contributed by atoms with E-state index in [1.807, 2.05) is 22.9 Å². The van der Waals surface area contributed by atoms with Gasteiger partial charge in [-0.1, -0.05) is 62.4 Å². The van der Waals surface area contributed by atoms with Crippen LogP contribution in [0.3, 0.4) is 0 Å². The highest BCUT2D eigenvalue weighted by molar-refractivity contribution is 7.99. The lowest BCUT2D eigenvalue weighted by Crippen LogP contribution is -2.24. The number of rotatable bonds is 4. The van der Waals surface area contributed by atoms with Gasteiger partial charge in [-0.2, -0.15) is 9.78 Å². The Kier molecular flexibility index (Phi) is 4.07. The van der Waals surface area contributed by atoms with Crippen LogP contribution in [-0.4, -0.2) is 26.3 Å². The highest BCUT2D eigenvalue weighted by atomic mass is 32.2. The van der Waals surface area contributed by atoms with Crippen LogP contribution in [0.2, 0.25) is 0 Å². The Hall–Kier alpha value is -1.66. The molecule has 5 nitrogen and oxygen atoms in total. The van der Waals surface area contributed by atoms with Gasteiger partial charge in [0, 0.05) is 5.75 Å². The highest BCUT2D eigenvalue weighted by Crippen LogP contribution is 2.28. The first kappa shape index (κ1) is 14.3. The third kappa shape index (κ3) is 2.73. The van der Waals surface area contributed by atoms with Crippen LogP contribution in [0.25, 0.3) is 0 Å². The molecular weight excluding hydrogens is 282 g/mol. The van der Waals surface area contributed by atoms with Crippen molar-refractivity contribution >= 4 is 17.5 Å². The van der Waals surface area contributed by atoms with Gasteiger partial charge in [0.05, 0.1) is 11.8 Å². The summed E-state index contributed by atoms with van der Waals surface area (Å²) in [4.78, 5) is 0. The lowest BCUT2D eigenvalue weighted by atomic mass is 10.00. The molecule has 0 saturated heterocycles. The zero-order valence-corrected chi connectivity index (χ0v) is 13.0. The number of hydrogen-bond donors (Lipinski definition) is 1. The molecule has 1 aromatic heterocycles. The monoisotopic (exact) mass is 301 g/mol. The lowest BCUT2D eigenvalue weighted by molar-refractivity contribution is 0.425. The summed E-state index contributed by atoms with van der Waals surface area (Å²) < 4.78 is 1.81. The van der Waals surface area contributed by atoms with Crippen LogP contribution in [0.4, 0.5) is 0 Å². The molecule has 21 heavy (non-hydrogen) atoms. The molecule has 2 unspecified atom stereocenters. The molecule has 6 heteroatoms. The van der Waals surface area contributed by atoms with E-state index in [1.54, 1.807) is 11.8 Å². The van der Waals surface area contributed by atoms with Gasteiger partial charge in [-0.15, -0.1) is 10.2 Å². The molecule has 0 spiro atoms. The van der Waals surface area contributed by atoms with Crippen LogP contribution in [0.1, 0.15) is 37.7 Å². The van der Waals surface area contributed by atoms with Gasteiger partial charge in [0.25, 0.3) is 0 Å². The largest absolute Gasteiger partial charge is 0.321 e. The van der Waals surface area contributed by atoms with Crippen molar-refractivity contribution in [2.45, 2.75) is 31.5 Å². The first-order valence-corrected chi connectivity index (χ1v) is 8.16. The summed E-state index contributed by atoms with van der Waals surface area (Å²) in [5.74, 6) is 1.90. The minimum absolute atomic E-state index is 0.143. The first-order valence-electron chi connectivity index (χ1n) is 7.17. The van der Waals surface area contributed by atoms with E-state index in [1.165, 1.54) is 0 Å². The molecule has 0 amide bonds. The van der Waals surface area contributed by atoms with Crippen LogP contribution in [0, 0.1) is 5.92 Å². The van der Waals surface area contributed by atoms with Crippen LogP contribution >= 0.6 is 11.8 Å². The molecule has 110 valence electrons. The standard InChI is InChI=1S/C15H19N5S/c1-3-10(2)13(16)14-17-18-15-20(14)19-12(9-21-15)11-7-5-4-6-8-11/h4-8,10,13H,3,9,16H2,1-2H3. The minimum atomic E-state index is -0.143. The Labute approximate surface area is 128 Å². The summed E-state index contributed by atoms with van der Waals surface area (Å²) in [6, 6.07) is 10.1. The van der Waals surface area contributed by atoms with Crippen molar-refractivity contribution in [3.8, 4) is 0 Å². The molecule has 0 saturated carbocycles. The molecular formula is C15H19N5S. The number of aromatic nitrogens is 3. The van der Waals surface area contributed by atoms with Crippen molar-refractivity contribution in [2.24, 2.45) is 16.8 Å². The number of hydrogen-bond acceptors (Lipinski definition) is 5.